The van der Waals surface area contributed by atoms with E-state index in [9.17, 15) is 14.7 Å². The van der Waals surface area contributed by atoms with E-state index < -0.39 is 11.7 Å². The number of nitrogens with zero attached hydrogens (tertiary/aromatic N) is 2. The van der Waals surface area contributed by atoms with E-state index in [1.807, 2.05) is 0 Å². The van der Waals surface area contributed by atoms with E-state index >= 15 is 0 Å². The summed E-state index contributed by atoms with van der Waals surface area (Å²) in [5.74, 6) is -0.135. The maximum Gasteiger partial charge on any atom is 0.254 e. The fraction of sp³-hybridized carbons (Fsp3) is 0.375. The summed E-state index contributed by atoms with van der Waals surface area (Å²) in [5.41, 5.74) is 4.92. The molecule has 1 amide bonds. The van der Waals surface area contributed by atoms with E-state index in [1.54, 1.807) is 0 Å². The summed E-state index contributed by atoms with van der Waals surface area (Å²) in [6.45, 7) is 0.148. The monoisotopic (exact) mass is 210 g/mol. The number of rotatable bonds is 1. The van der Waals surface area contributed by atoms with Crippen LogP contribution in [0.5, 0.6) is 0 Å². The molecule has 2 heterocycles. The molecular formula is C8H10N4O3. The van der Waals surface area contributed by atoms with Crippen LogP contribution in [0, 0.1) is 0 Å². The highest BCUT2D eigenvalue weighted by Gasteiger charge is 2.30. The number of hydrogen-bond donors (Lipinski definition) is 3. The van der Waals surface area contributed by atoms with Gasteiger partial charge in [-0.3, -0.25) is 19.5 Å². The number of anilines is 2. The minimum absolute atomic E-state index is 0.0494. The van der Waals surface area contributed by atoms with Crippen LogP contribution in [-0.4, -0.2) is 33.6 Å². The molecule has 80 valence electrons. The SMILES string of the molecule is Nc1nc(N2CC(O)CC2=O)cc(=O)[nH]1. The van der Waals surface area contributed by atoms with Crippen molar-refractivity contribution in [2.45, 2.75) is 12.5 Å². The summed E-state index contributed by atoms with van der Waals surface area (Å²) in [7, 11) is 0. The van der Waals surface area contributed by atoms with Gasteiger partial charge in [-0.2, -0.15) is 4.98 Å². The van der Waals surface area contributed by atoms with Gasteiger partial charge in [-0.1, -0.05) is 0 Å². The first-order chi connectivity index (χ1) is 7.06. The Balaban J connectivity index is 2.37. The van der Waals surface area contributed by atoms with Crippen LogP contribution in [-0.2, 0) is 4.79 Å². The lowest BCUT2D eigenvalue weighted by atomic mass is 10.3. The topological polar surface area (TPSA) is 112 Å². The van der Waals surface area contributed by atoms with Gasteiger partial charge in [0.2, 0.25) is 11.9 Å². The zero-order chi connectivity index (χ0) is 11.0. The Labute approximate surface area is 84.5 Å². The maximum absolute atomic E-state index is 11.4. The van der Waals surface area contributed by atoms with Crippen molar-refractivity contribution in [2.24, 2.45) is 0 Å². The van der Waals surface area contributed by atoms with Gasteiger partial charge >= 0.3 is 0 Å². The Morgan fingerprint density at radius 3 is 2.87 bits per heavy atom. The van der Waals surface area contributed by atoms with Crippen LogP contribution in [0.4, 0.5) is 11.8 Å². The lowest BCUT2D eigenvalue weighted by Gasteiger charge is -2.13. The van der Waals surface area contributed by atoms with Crippen molar-refractivity contribution in [1.82, 2.24) is 9.97 Å². The average Bonchev–Trinajstić information content (AvgIpc) is 2.43. The fourth-order valence-electron chi connectivity index (χ4n) is 1.51. The normalized spacial score (nSPS) is 21.0. The first-order valence-corrected chi connectivity index (χ1v) is 4.41. The van der Waals surface area contributed by atoms with Crippen LogP contribution in [0.1, 0.15) is 6.42 Å². The third kappa shape index (κ3) is 1.82. The van der Waals surface area contributed by atoms with Gasteiger partial charge in [0.05, 0.1) is 19.1 Å². The number of hydrogen-bond acceptors (Lipinski definition) is 5. The lowest BCUT2D eigenvalue weighted by molar-refractivity contribution is -0.117. The number of nitrogens with one attached hydrogen (secondary N) is 1. The summed E-state index contributed by atoms with van der Waals surface area (Å²) in [4.78, 5) is 29.8. The van der Waals surface area contributed by atoms with Crippen molar-refractivity contribution in [3.05, 3.63) is 16.4 Å². The molecule has 1 aliphatic heterocycles. The zero-order valence-corrected chi connectivity index (χ0v) is 7.80. The van der Waals surface area contributed by atoms with Crippen molar-refractivity contribution in [3.8, 4) is 0 Å². The molecule has 0 spiro atoms. The van der Waals surface area contributed by atoms with Gasteiger partial charge in [-0.05, 0) is 0 Å². The molecule has 1 atom stereocenters. The first kappa shape index (κ1) is 9.66. The number of carbonyl (C=O) groups excluding carboxylic acids is 1. The number of amides is 1. The number of nitrogens with two attached hydrogens (primary N) is 1. The minimum Gasteiger partial charge on any atom is -0.391 e. The number of aromatic amines is 1. The first-order valence-electron chi connectivity index (χ1n) is 4.41. The van der Waals surface area contributed by atoms with Crippen LogP contribution in [0.15, 0.2) is 10.9 Å². The average molecular weight is 210 g/mol. The van der Waals surface area contributed by atoms with Gasteiger partial charge in [-0.25, -0.2) is 0 Å². The number of H-pyrrole nitrogens is 1. The Morgan fingerprint density at radius 1 is 1.60 bits per heavy atom. The predicted molar refractivity (Wildman–Crippen MR) is 52.2 cm³/mol. The molecule has 1 fully saturated rings. The molecular weight excluding hydrogens is 200 g/mol. The largest absolute Gasteiger partial charge is 0.391 e. The molecule has 0 aromatic carbocycles. The number of β-amino-alcohol motifs (C(OH)–C–C–N with tert-alkyl or cyclic N) is 1. The molecule has 0 saturated carbocycles. The highest BCUT2D eigenvalue weighted by atomic mass is 16.3. The van der Waals surface area contributed by atoms with Gasteiger partial charge < -0.3 is 10.8 Å². The highest BCUT2D eigenvalue weighted by molar-refractivity contribution is 5.95. The van der Waals surface area contributed by atoms with Crippen molar-refractivity contribution in [2.75, 3.05) is 17.2 Å². The van der Waals surface area contributed by atoms with Crippen molar-refractivity contribution in [1.29, 1.82) is 0 Å². The lowest BCUT2D eigenvalue weighted by Crippen LogP contribution is -2.28. The van der Waals surface area contributed by atoms with E-state index in [0.717, 1.165) is 0 Å². The van der Waals surface area contributed by atoms with Gasteiger partial charge in [0.15, 0.2) is 0 Å². The molecule has 1 aromatic rings. The zero-order valence-electron chi connectivity index (χ0n) is 7.80. The van der Waals surface area contributed by atoms with Crippen LogP contribution in [0.25, 0.3) is 0 Å². The second kappa shape index (κ2) is 3.35. The molecule has 0 radical (unpaired) electrons. The van der Waals surface area contributed by atoms with Crippen molar-refractivity contribution >= 4 is 17.7 Å². The number of aliphatic hydroxyl groups is 1. The summed E-state index contributed by atoms with van der Waals surface area (Å²) in [5, 5.41) is 9.26. The number of aliphatic hydroxyl groups excluding tert-OH is 1. The molecule has 7 heteroatoms. The summed E-state index contributed by atoms with van der Waals surface area (Å²) >= 11 is 0. The predicted octanol–water partition coefficient (Wildman–Crippen LogP) is -1.55. The van der Waals surface area contributed by atoms with Crippen LogP contribution in [0.3, 0.4) is 0 Å². The van der Waals surface area contributed by atoms with Gasteiger partial charge in [0, 0.05) is 6.07 Å². The third-order valence-electron chi connectivity index (χ3n) is 2.13. The summed E-state index contributed by atoms with van der Waals surface area (Å²) in [6, 6.07) is 1.17. The van der Waals surface area contributed by atoms with Crippen LogP contribution < -0.4 is 16.2 Å². The molecule has 0 bridgehead atoms. The fourth-order valence-corrected chi connectivity index (χ4v) is 1.51. The Kier molecular flexibility index (Phi) is 2.16. The molecule has 1 aromatic heterocycles. The molecule has 7 nitrogen and oxygen atoms in total. The van der Waals surface area contributed by atoms with Crippen molar-refractivity contribution in [3.63, 3.8) is 0 Å². The molecule has 15 heavy (non-hydrogen) atoms. The smallest absolute Gasteiger partial charge is 0.254 e. The van der Waals surface area contributed by atoms with Crippen molar-refractivity contribution < 1.29 is 9.90 Å². The highest BCUT2D eigenvalue weighted by Crippen LogP contribution is 2.17. The molecule has 1 aliphatic rings. The third-order valence-corrected chi connectivity index (χ3v) is 2.13. The quantitative estimate of drug-likeness (QED) is 0.519. The molecule has 2 rings (SSSR count). The van der Waals surface area contributed by atoms with Gasteiger partial charge in [0.25, 0.3) is 5.56 Å². The minimum atomic E-state index is -0.709. The van der Waals surface area contributed by atoms with E-state index in [2.05, 4.69) is 9.97 Å². The standard InChI is InChI=1S/C8H10N4O3/c9-8-10-5(2-6(14)11-8)12-3-4(13)1-7(12)15/h2,4,13H,1,3H2,(H3,9,10,11,14). The van der Waals surface area contributed by atoms with Gasteiger partial charge in [0.1, 0.15) is 5.82 Å². The Bertz CT molecular complexity index is 455. The molecule has 4 N–H and O–H groups in total. The second-order valence-electron chi connectivity index (χ2n) is 3.35. The Hall–Kier alpha value is -1.89. The van der Waals surface area contributed by atoms with E-state index in [1.165, 1.54) is 11.0 Å². The van der Waals surface area contributed by atoms with E-state index in [4.69, 9.17) is 5.73 Å². The second-order valence-corrected chi connectivity index (χ2v) is 3.35. The summed E-state index contributed by atoms with van der Waals surface area (Å²) in [6.07, 6.45) is -0.659. The molecule has 1 saturated heterocycles. The summed E-state index contributed by atoms with van der Waals surface area (Å²) < 4.78 is 0. The number of aromatic nitrogens is 2. The maximum atomic E-state index is 11.4. The Morgan fingerprint density at radius 2 is 2.33 bits per heavy atom. The van der Waals surface area contributed by atoms with E-state index in [-0.39, 0.29) is 30.6 Å². The van der Waals surface area contributed by atoms with Crippen LogP contribution >= 0.6 is 0 Å². The number of nitrogen functional groups attached to an aromatic ring is 1. The van der Waals surface area contributed by atoms with E-state index in [0.29, 0.717) is 0 Å². The van der Waals surface area contributed by atoms with Crippen LogP contribution in [0.2, 0.25) is 0 Å². The number of carbonyl (C=O) groups is 1. The van der Waals surface area contributed by atoms with Gasteiger partial charge in [-0.15, -0.1) is 0 Å². The molecule has 0 aliphatic carbocycles. The molecule has 1 unspecified atom stereocenters.